The molecule has 0 aliphatic heterocycles. The van der Waals surface area contributed by atoms with Crippen LogP contribution in [0.1, 0.15) is 0 Å². The third kappa shape index (κ3) is 2.83. The predicted octanol–water partition coefficient (Wildman–Crippen LogP) is 1.89. The van der Waals surface area contributed by atoms with E-state index in [0.717, 1.165) is 11.1 Å². The highest BCUT2D eigenvalue weighted by Gasteiger charge is 2.14. The molecule has 0 saturated carbocycles. The molecule has 2 rings (SSSR count). The summed E-state index contributed by atoms with van der Waals surface area (Å²) in [6.45, 7) is 0. The molecule has 1 amide bonds. The molecule has 100 valence electrons. The quantitative estimate of drug-likeness (QED) is 0.827. The Balaban J connectivity index is 2.56. The van der Waals surface area contributed by atoms with Gasteiger partial charge in [-0.25, -0.2) is 13.1 Å². The van der Waals surface area contributed by atoms with E-state index < -0.39 is 10.0 Å². The Labute approximate surface area is 115 Å². The Hall–Kier alpha value is -1.70. The lowest BCUT2D eigenvalue weighted by molar-refractivity contribution is -0.105. The van der Waals surface area contributed by atoms with Crippen LogP contribution >= 0.6 is 11.3 Å². The average molecular weight is 296 g/mol. The standard InChI is InChI=1S/C12H12N2O3S2/c1-13-19(16,17)10-2-3-11(9-4-5-18-7-9)12(6-10)14-8-15/h2-8,13H,1H3,(H,14,15). The fourth-order valence-corrected chi connectivity index (χ4v) is 3.07. The average Bonchev–Trinajstić information content (AvgIpc) is 2.93. The Morgan fingerprint density at radius 2 is 2.05 bits per heavy atom. The van der Waals surface area contributed by atoms with Gasteiger partial charge in [0.1, 0.15) is 0 Å². The third-order valence-corrected chi connectivity index (χ3v) is 4.71. The van der Waals surface area contributed by atoms with Gasteiger partial charge in [-0.15, -0.1) is 0 Å². The zero-order chi connectivity index (χ0) is 13.9. The van der Waals surface area contributed by atoms with Crippen LogP contribution in [0.25, 0.3) is 11.1 Å². The molecule has 0 fully saturated rings. The first-order valence-corrected chi connectivity index (χ1v) is 7.81. The third-order valence-electron chi connectivity index (χ3n) is 2.62. The van der Waals surface area contributed by atoms with Crippen LogP contribution in [-0.4, -0.2) is 21.9 Å². The molecular formula is C12H12N2O3S2. The Morgan fingerprint density at radius 1 is 1.26 bits per heavy atom. The molecule has 1 heterocycles. The van der Waals surface area contributed by atoms with Crippen molar-refractivity contribution < 1.29 is 13.2 Å². The summed E-state index contributed by atoms with van der Waals surface area (Å²) in [7, 11) is -2.19. The minimum atomic E-state index is -3.53. The smallest absolute Gasteiger partial charge is 0.240 e. The summed E-state index contributed by atoms with van der Waals surface area (Å²) in [4.78, 5) is 10.8. The fourth-order valence-electron chi connectivity index (χ4n) is 1.66. The van der Waals surface area contributed by atoms with Gasteiger partial charge in [0.2, 0.25) is 16.4 Å². The number of hydrogen-bond acceptors (Lipinski definition) is 4. The lowest BCUT2D eigenvalue weighted by Gasteiger charge is -2.10. The van der Waals surface area contributed by atoms with Crippen molar-refractivity contribution in [1.82, 2.24) is 4.72 Å². The number of amides is 1. The SMILES string of the molecule is CNS(=O)(=O)c1ccc(-c2ccsc2)c(NC=O)c1. The number of sulfonamides is 1. The Kier molecular flexibility index (Phi) is 3.98. The highest BCUT2D eigenvalue weighted by molar-refractivity contribution is 7.89. The van der Waals surface area contributed by atoms with Crippen molar-refractivity contribution >= 4 is 33.5 Å². The van der Waals surface area contributed by atoms with Gasteiger partial charge in [0.05, 0.1) is 4.90 Å². The summed E-state index contributed by atoms with van der Waals surface area (Å²) >= 11 is 1.53. The first kappa shape index (κ1) is 13.7. The van der Waals surface area contributed by atoms with Crippen LogP contribution < -0.4 is 10.0 Å². The number of anilines is 1. The molecule has 19 heavy (non-hydrogen) atoms. The molecule has 0 aliphatic rings. The van der Waals surface area contributed by atoms with Gasteiger partial charge in [-0.3, -0.25) is 4.79 Å². The normalized spacial score (nSPS) is 11.2. The lowest BCUT2D eigenvalue weighted by atomic mass is 10.1. The highest BCUT2D eigenvalue weighted by atomic mass is 32.2. The van der Waals surface area contributed by atoms with Crippen LogP contribution in [0, 0.1) is 0 Å². The lowest BCUT2D eigenvalue weighted by Crippen LogP contribution is -2.18. The maximum absolute atomic E-state index is 11.7. The predicted molar refractivity (Wildman–Crippen MR) is 75.7 cm³/mol. The van der Waals surface area contributed by atoms with Crippen LogP contribution in [0.15, 0.2) is 39.9 Å². The summed E-state index contributed by atoms with van der Waals surface area (Å²) < 4.78 is 25.7. The van der Waals surface area contributed by atoms with Gasteiger partial charge in [-0.2, -0.15) is 11.3 Å². The van der Waals surface area contributed by atoms with Crippen molar-refractivity contribution in [3.05, 3.63) is 35.0 Å². The molecule has 0 aliphatic carbocycles. The number of nitrogens with one attached hydrogen (secondary N) is 2. The van der Waals surface area contributed by atoms with E-state index in [-0.39, 0.29) is 4.90 Å². The number of carbonyl (C=O) groups is 1. The largest absolute Gasteiger partial charge is 0.328 e. The van der Waals surface area contributed by atoms with E-state index in [1.165, 1.54) is 30.5 Å². The molecule has 5 nitrogen and oxygen atoms in total. The van der Waals surface area contributed by atoms with E-state index in [2.05, 4.69) is 10.0 Å². The fraction of sp³-hybridized carbons (Fsp3) is 0.0833. The molecule has 1 aromatic carbocycles. The molecule has 0 saturated heterocycles. The van der Waals surface area contributed by atoms with Crippen LogP contribution in [-0.2, 0) is 14.8 Å². The number of thiophene rings is 1. The van der Waals surface area contributed by atoms with E-state index in [4.69, 9.17) is 0 Å². The number of rotatable bonds is 5. The molecule has 0 unspecified atom stereocenters. The summed E-state index contributed by atoms with van der Waals surface area (Å²) in [6.07, 6.45) is 0.529. The van der Waals surface area contributed by atoms with Gasteiger partial charge in [0.25, 0.3) is 0 Å². The van der Waals surface area contributed by atoms with Gasteiger partial charge in [0.15, 0.2) is 0 Å². The summed E-state index contributed by atoms with van der Waals surface area (Å²) in [5, 5.41) is 6.38. The van der Waals surface area contributed by atoms with E-state index in [9.17, 15) is 13.2 Å². The van der Waals surface area contributed by atoms with Crippen molar-refractivity contribution in [2.45, 2.75) is 4.90 Å². The summed E-state index contributed by atoms with van der Waals surface area (Å²) in [6, 6.07) is 6.53. The topological polar surface area (TPSA) is 75.3 Å². The zero-order valence-electron chi connectivity index (χ0n) is 10.1. The van der Waals surface area contributed by atoms with Gasteiger partial charge >= 0.3 is 0 Å². The molecule has 2 N–H and O–H groups in total. The minimum absolute atomic E-state index is 0.110. The zero-order valence-corrected chi connectivity index (χ0v) is 11.7. The molecule has 0 spiro atoms. The first-order chi connectivity index (χ1) is 9.08. The molecule has 0 atom stereocenters. The van der Waals surface area contributed by atoms with Gasteiger partial charge in [-0.1, -0.05) is 6.07 Å². The van der Waals surface area contributed by atoms with Crippen molar-refractivity contribution in [1.29, 1.82) is 0 Å². The van der Waals surface area contributed by atoms with Gasteiger partial charge in [0, 0.05) is 11.3 Å². The molecule has 7 heteroatoms. The van der Waals surface area contributed by atoms with Crippen LogP contribution in [0.4, 0.5) is 5.69 Å². The van der Waals surface area contributed by atoms with E-state index in [0.29, 0.717) is 12.1 Å². The van der Waals surface area contributed by atoms with E-state index in [1.54, 1.807) is 6.07 Å². The first-order valence-electron chi connectivity index (χ1n) is 5.39. The van der Waals surface area contributed by atoms with Crippen LogP contribution in [0.2, 0.25) is 0 Å². The van der Waals surface area contributed by atoms with Crippen LogP contribution in [0.3, 0.4) is 0 Å². The van der Waals surface area contributed by atoms with E-state index >= 15 is 0 Å². The molecule has 2 aromatic rings. The number of hydrogen-bond donors (Lipinski definition) is 2. The second kappa shape index (κ2) is 5.52. The summed E-state index contributed by atoms with van der Waals surface area (Å²) in [5.74, 6) is 0. The Bertz CT molecular complexity index is 679. The van der Waals surface area contributed by atoms with Crippen molar-refractivity contribution in [3.8, 4) is 11.1 Å². The minimum Gasteiger partial charge on any atom is -0.328 e. The summed E-state index contributed by atoms with van der Waals surface area (Å²) in [5.41, 5.74) is 2.18. The monoisotopic (exact) mass is 296 g/mol. The molecule has 1 aromatic heterocycles. The molecule has 0 bridgehead atoms. The van der Waals surface area contributed by atoms with Crippen molar-refractivity contribution in [3.63, 3.8) is 0 Å². The molecule has 0 radical (unpaired) electrons. The maximum Gasteiger partial charge on any atom is 0.240 e. The second-order valence-electron chi connectivity index (χ2n) is 3.69. The van der Waals surface area contributed by atoms with Crippen molar-refractivity contribution in [2.75, 3.05) is 12.4 Å². The van der Waals surface area contributed by atoms with Crippen molar-refractivity contribution in [2.24, 2.45) is 0 Å². The van der Waals surface area contributed by atoms with Gasteiger partial charge in [-0.05, 0) is 41.6 Å². The second-order valence-corrected chi connectivity index (χ2v) is 6.36. The highest BCUT2D eigenvalue weighted by Crippen LogP contribution is 2.31. The number of carbonyl (C=O) groups excluding carboxylic acids is 1. The van der Waals surface area contributed by atoms with E-state index in [1.807, 2.05) is 16.8 Å². The van der Waals surface area contributed by atoms with Crippen LogP contribution in [0.5, 0.6) is 0 Å². The Morgan fingerprint density at radius 3 is 2.63 bits per heavy atom. The van der Waals surface area contributed by atoms with Gasteiger partial charge < -0.3 is 5.32 Å². The molecular weight excluding hydrogens is 284 g/mol. The maximum atomic E-state index is 11.7. The number of benzene rings is 1.